The molecule has 2 aromatic rings. The van der Waals surface area contributed by atoms with Crippen LogP contribution in [0, 0.1) is 13.8 Å². The number of carbonyl (C=O) groups is 2. The minimum Gasteiger partial charge on any atom is -0.336 e. The lowest BCUT2D eigenvalue weighted by Crippen LogP contribution is -2.35. The molecule has 2 aromatic carbocycles. The topological polar surface area (TPSA) is 40.6 Å². The van der Waals surface area contributed by atoms with Gasteiger partial charge in [0.15, 0.2) is 0 Å². The molecular formula is C24H26N2O2. The van der Waals surface area contributed by atoms with Crippen molar-refractivity contribution in [2.45, 2.75) is 40.0 Å². The van der Waals surface area contributed by atoms with Gasteiger partial charge in [0, 0.05) is 18.8 Å². The number of benzene rings is 2. The minimum atomic E-state index is -0.166. The number of hydrogen-bond donors (Lipinski definition) is 0. The SMILES string of the molecule is CCCCN1C(=O)C(c2ccc(C)c(C)c2)=C(N2CCc3ccccc32)C1=O. The van der Waals surface area contributed by atoms with Gasteiger partial charge in [0.2, 0.25) is 0 Å². The smallest absolute Gasteiger partial charge is 0.278 e. The van der Waals surface area contributed by atoms with E-state index in [0.29, 0.717) is 17.8 Å². The Balaban J connectivity index is 1.86. The van der Waals surface area contributed by atoms with Crippen LogP contribution in [-0.4, -0.2) is 29.8 Å². The Bertz CT molecular complexity index is 990. The molecule has 4 nitrogen and oxygen atoms in total. The molecule has 0 N–H and O–H groups in total. The Morgan fingerprint density at radius 3 is 2.50 bits per heavy atom. The highest BCUT2D eigenvalue weighted by atomic mass is 16.2. The average molecular weight is 374 g/mol. The van der Waals surface area contributed by atoms with E-state index in [2.05, 4.69) is 19.9 Å². The Labute approximate surface area is 166 Å². The van der Waals surface area contributed by atoms with Gasteiger partial charge in [0.25, 0.3) is 11.8 Å². The summed E-state index contributed by atoms with van der Waals surface area (Å²) in [6, 6.07) is 14.2. The number of hydrogen-bond acceptors (Lipinski definition) is 3. The number of carbonyl (C=O) groups excluding carboxylic acids is 2. The normalized spacial score (nSPS) is 16.4. The summed E-state index contributed by atoms with van der Waals surface area (Å²) in [7, 11) is 0. The van der Waals surface area contributed by atoms with Crippen LogP contribution in [0.5, 0.6) is 0 Å². The fraction of sp³-hybridized carbons (Fsp3) is 0.333. The lowest BCUT2D eigenvalue weighted by molar-refractivity contribution is -0.136. The standard InChI is InChI=1S/C24H26N2O2/c1-4-5-13-26-23(27)21(19-11-10-16(2)17(3)15-19)22(24(26)28)25-14-12-18-8-6-7-9-20(18)25/h6-11,15H,4-5,12-14H2,1-3H3. The van der Waals surface area contributed by atoms with Crippen molar-refractivity contribution >= 4 is 23.1 Å². The first-order chi connectivity index (χ1) is 13.5. The minimum absolute atomic E-state index is 0.164. The van der Waals surface area contributed by atoms with Crippen LogP contribution in [-0.2, 0) is 16.0 Å². The molecule has 2 heterocycles. The summed E-state index contributed by atoms with van der Waals surface area (Å²) in [4.78, 5) is 30.2. The molecule has 28 heavy (non-hydrogen) atoms. The second-order valence-corrected chi connectivity index (χ2v) is 7.67. The van der Waals surface area contributed by atoms with E-state index >= 15 is 0 Å². The van der Waals surface area contributed by atoms with Gasteiger partial charge in [-0.2, -0.15) is 0 Å². The molecule has 0 saturated carbocycles. The second-order valence-electron chi connectivity index (χ2n) is 7.67. The second kappa shape index (κ2) is 7.27. The predicted octanol–water partition coefficient (Wildman–Crippen LogP) is 4.25. The van der Waals surface area contributed by atoms with Crippen LogP contribution in [0.2, 0.25) is 0 Å². The summed E-state index contributed by atoms with van der Waals surface area (Å²) >= 11 is 0. The van der Waals surface area contributed by atoms with Gasteiger partial charge in [-0.15, -0.1) is 0 Å². The van der Waals surface area contributed by atoms with Crippen molar-refractivity contribution in [3.05, 3.63) is 70.4 Å². The number of aryl methyl sites for hydroxylation is 2. The molecule has 0 unspecified atom stereocenters. The first kappa shape index (κ1) is 18.5. The van der Waals surface area contributed by atoms with Crippen LogP contribution in [0.25, 0.3) is 5.57 Å². The third-order valence-corrected chi connectivity index (χ3v) is 5.83. The summed E-state index contributed by atoms with van der Waals surface area (Å²) in [5.74, 6) is -0.329. The van der Waals surface area contributed by atoms with E-state index in [9.17, 15) is 9.59 Å². The Kier molecular flexibility index (Phi) is 4.80. The third-order valence-electron chi connectivity index (χ3n) is 5.83. The van der Waals surface area contributed by atoms with Crippen LogP contribution in [0.1, 0.15) is 42.0 Å². The van der Waals surface area contributed by atoms with E-state index in [1.165, 1.54) is 16.0 Å². The monoisotopic (exact) mass is 374 g/mol. The highest BCUT2D eigenvalue weighted by molar-refractivity contribution is 6.36. The van der Waals surface area contributed by atoms with Crippen LogP contribution < -0.4 is 4.90 Å². The number of imide groups is 1. The first-order valence-corrected chi connectivity index (χ1v) is 10.1. The molecule has 4 rings (SSSR count). The Morgan fingerprint density at radius 2 is 1.75 bits per heavy atom. The summed E-state index contributed by atoms with van der Waals surface area (Å²) in [5.41, 5.74) is 6.48. The number of fused-ring (bicyclic) bond motifs is 1. The maximum absolute atomic E-state index is 13.4. The van der Waals surface area contributed by atoms with Gasteiger partial charge in [-0.1, -0.05) is 49.7 Å². The average Bonchev–Trinajstić information content (AvgIpc) is 3.21. The van der Waals surface area contributed by atoms with Crippen LogP contribution >= 0.6 is 0 Å². The van der Waals surface area contributed by atoms with Gasteiger partial charge in [0.1, 0.15) is 5.70 Å². The zero-order valence-corrected chi connectivity index (χ0v) is 16.8. The molecule has 4 heteroatoms. The van der Waals surface area contributed by atoms with Gasteiger partial charge >= 0.3 is 0 Å². The van der Waals surface area contributed by atoms with E-state index in [0.717, 1.165) is 42.6 Å². The lowest BCUT2D eigenvalue weighted by Gasteiger charge is -2.21. The Morgan fingerprint density at radius 1 is 0.964 bits per heavy atom. The maximum Gasteiger partial charge on any atom is 0.278 e. The number of para-hydroxylation sites is 1. The number of amides is 2. The van der Waals surface area contributed by atoms with Gasteiger partial charge in [-0.05, 0) is 55.0 Å². The number of rotatable bonds is 5. The molecular weight excluding hydrogens is 348 g/mol. The number of nitrogens with zero attached hydrogens (tertiary/aromatic N) is 2. The van der Waals surface area contributed by atoms with Crippen molar-refractivity contribution in [3.63, 3.8) is 0 Å². The van der Waals surface area contributed by atoms with Crippen molar-refractivity contribution in [2.75, 3.05) is 18.0 Å². The van der Waals surface area contributed by atoms with Crippen LogP contribution in [0.15, 0.2) is 48.2 Å². The van der Waals surface area contributed by atoms with E-state index < -0.39 is 0 Å². The van der Waals surface area contributed by atoms with Crippen molar-refractivity contribution in [2.24, 2.45) is 0 Å². The van der Waals surface area contributed by atoms with Crippen LogP contribution in [0.3, 0.4) is 0 Å². The number of anilines is 1. The molecule has 0 atom stereocenters. The quantitative estimate of drug-likeness (QED) is 0.735. The molecule has 0 bridgehead atoms. The maximum atomic E-state index is 13.4. The lowest BCUT2D eigenvalue weighted by atomic mass is 9.99. The van der Waals surface area contributed by atoms with Crippen LogP contribution in [0.4, 0.5) is 5.69 Å². The van der Waals surface area contributed by atoms with Gasteiger partial charge in [-0.3, -0.25) is 14.5 Å². The van der Waals surface area contributed by atoms with E-state index in [1.807, 2.05) is 48.2 Å². The highest BCUT2D eigenvalue weighted by Crippen LogP contribution is 2.38. The summed E-state index contributed by atoms with van der Waals surface area (Å²) in [5, 5.41) is 0. The fourth-order valence-electron chi connectivity index (χ4n) is 4.06. The van der Waals surface area contributed by atoms with Crippen molar-refractivity contribution in [1.29, 1.82) is 0 Å². The van der Waals surface area contributed by atoms with Gasteiger partial charge in [-0.25, -0.2) is 0 Å². The van der Waals surface area contributed by atoms with Gasteiger partial charge in [0.05, 0.1) is 5.57 Å². The molecule has 0 aliphatic carbocycles. The molecule has 144 valence electrons. The Hall–Kier alpha value is -2.88. The van der Waals surface area contributed by atoms with Crippen molar-refractivity contribution < 1.29 is 9.59 Å². The molecule has 0 radical (unpaired) electrons. The summed E-state index contributed by atoms with van der Waals surface area (Å²) < 4.78 is 0. The summed E-state index contributed by atoms with van der Waals surface area (Å²) in [6.07, 6.45) is 2.65. The molecule has 2 aliphatic heterocycles. The third kappa shape index (κ3) is 2.93. The van der Waals surface area contributed by atoms with E-state index in [1.54, 1.807) is 0 Å². The molecule has 0 fully saturated rings. The molecule has 2 aliphatic rings. The van der Waals surface area contributed by atoms with Crippen molar-refractivity contribution in [3.8, 4) is 0 Å². The zero-order valence-electron chi connectivity index (χ0n) is 16.8. The molecule has 0 saturated heterocycles. The van der Waals surface area contributed by atoms with Gasteiger partial charge < -0.3 is 4.90 Å². The van der Waals surface area contributed by atoms with E-state index in [-0.39, 0.29) is 11.8 Å². The number of unbranched alkanes of at least 4 members (excludes halogenated alkanes) is 1. The van der Waals surface area contributed by atoms with Crippen molar-refractivity contribution in [1.82, 2.24) is 4.90 Å². The summed E-state index contributed by atoms with van der Waals surface area (Å²) in [6.45, 7) is 7.37. The fourth-order valence-corrected chi connectivity index (χ4v) is 4.06. The highest BCUT2D eigenvalue weighted by Gasteiger charge is 2.42. The predicted molar refractivity (Wildman–Crippen MR) is 112 cm³/mol. The molecule has 2 amide bonds. The molecule has 0 spiro atoms. The van der Waals surface area contributed by atoms with E-state index in [4.69, 9.17) is 0 Å². The first-order valence-electron chi connectivity index (χ1n) is 10.1. The largest absolute Gasteiger partial charge is 0.336 e. The zero-order chi connectivity index (χ0) is 19.8. The molecule has 0 aromatic heterocycles.